The number of methoxy groups -OCH3 is 4. The van der Waals surface area contributed by atoms with Crippen molar-refractivity contribution in [1.29, 1.82) is 0 Å². The van der Waals surface area contributed by atoms with Crippen molar-refractivity contribution in [2.24, 2.45) is 0 Å². The third-order valence-corrected chi connectivity index (χ3v) is 4.13. The molecule has 2 N–H and O–H groups in total. The zero-order valence-corrected chi connectivity index (χ0v) is 16.1. The maximum Gasteiger partial charge on any atom is 0.305 e. The Labute approximate surface area is 163 Å². The highest BCUT2D eigenvalue weighted by Gasteiger charge is 2.22. The molecule has 0 bridgehead atoms. The number of amides is 1. The number of carboxylic acids is 1. The normalized spacial score (nSPS) is 11.3. The van der Waals surface area contributed by atoms with Gasteiger partial charge in [0, 0.05) is 5.56 Å². The van der Waals surface area contributed by atoms with Crippen LogP contribution in [0.5, 0.6) is 23.0 Å². The average molecular weight is 389 g/mol. The second-order valence-electron chi connectivity index (χ2n) is 5.81. The Morgan fingerprint density at radius 2 is 1.50 bits per heavy atom. The molecule has 28 heavy (non-hydrogen) atoms. The Bertz CT molecular complexity index is 808. The van der Waals surface area contributed by atoms with Crippen molar-refractivity contribution in [3.63, 3.8) is 0 Å². The summed E-state index contributed by atoms with van der Waals surface area (Å²) in [5, 5.41) is 12.0. The SMILES string of the molecule is COc1ccc(C(CC(=O)O)NC(=O)c2cc(OC)c(OC)c(OC)c2)cc1. The van der Waals surface area contributed by atoms with Crippen molar-refractivity contribution in [3.8, 4) is 23.0 Å². The van der Waals surface area contributed by atoms with E-state index in [1.807, 2.05) is 0 Å². The van der Waals surface area contributed by atoms with Crippen molar-refractivity contribution in [3.05, 3.63) is 47.5 Å². The zero-order chi connectivity index (χ0) is 20.7. The first-order chi connectivity index (χ1) is 13.4. The molecule has 8 heteroatoms. The van der Waals surface area contributed by atoms with Gasteiger partial charge in [0.25, 0.3) is 5.91 Å². The van der Waals surface area contributed by atoms with Gasteiger partial charge in [0.2, 0.25) is 5.75 Å². The van der Waals surface area contributed by atoms with Gasteiger partial charge in [-0.2, -0.15) is 0 Å². The fourth-order valence-corrected chi connectivity index (χ4v) is 2.72. The number of aliphatic carboxylic acids is 1. The van der Waals surface area contributed by atoms with Crippen LogP contribution in [0.1, 0.15) is 28.4 Å². The number of carbonyl (C=O) groups excluding carboxylic acids is 1. The molecule has 0 aromatic heterocycles. The highest BCUT2D eigenvalue weighted by molar-refractivity contribution is 5.96. The second-order valence-corrected chi connectivity index (χ2v) is 5.81. The third kappa shape index (κ3) is 4.85. The van der Waals surface area contributed by atoms with Crippen LogP contribution in [0.25, 0.3) is 0 Å². The van der Waals surface area contributed by atoms with E-state index in [0.717, 1.165) is 0 Å². The highest BCUT2D eigenvalue weighted by Crippen LogP contribution is 2.38. The van der Waals surface area contributed by atoms with Crippen LogP contribution in [-0.2, 0) is 4.79 Å². The molecule has 1 atom stereocenters. The van der Waals surface area contributed by atoms with Crippen LogP contribution < -0.4 is 24.3 Å². The summed E-state index contributed by atoms with van der Waals surface area (Å²) in [6.07, 6.45) is -0.275. The lowest BCUT2D eigenvalue weighted by atomic mass is 10.0. The monoisotopic (exact) mass is 389 g/mol. The summed E-state index contributed by atoms with van der Waals surface area (Å²) >= 11 is 0. The van der Waals surface area contributed by atoms with E-state index in [-0.39, 0.29) is 12.0 Å². The molecule has 0 fully saturated rings. The predicted octanol–water partition coefficient (Wildman–Crippen LogP) is 2.67. The van der Waals surface area contributed by atoms with Crippen LogP contribution in [0.3, 0.4) is 0 Å². The number of nitrogens with one attached hydrogen (secondary N) is 1. The summed E-state index contributed by atoms with van der Waals surface area (Å²) in [6.45, 7) is 0. The maximum atomic E-state index is 12.8. The van der Waals surface area contributed by atoms with Crippen LogP contribution in [-0.4, -0.2) is 45.4 Å². The van der Waals surface area contributed by atoms with E-state index in [1.165, 1.54) is 40.6 Å². The summed E-state index contributed by atoms with van der Waals surface area (Å²) in [5.41, 5.74) is 0.891. The van der Waals surface area contributed by atoms with Crippen molar-refractivity contribution < 1.29 is 33.6 Å². The molecule has 1 unspecified atom stereocenters. The minimum Gasteiger partial charge on any atom is -0.497 e. The molecule has 0 saturated heterocycles. The van der Waals surface area contributed by atoms with Crippen LogP contribution in [0, 0.1) is 0 Å². The molecule has 0 radical (unpaired) electrons. The molecule has 0 aliphatic rings. The third-order valence-electron chi connectivity index (χ3n) is 4.13. The van der Waals surface area contributed by atoms with E-state index in [1.54, 1.807) is 24.3 Å². The highest BCUT2D eigenvalue weighted by atomic mass is 16.5. The molecule has 0 heterocycles. The fourth-order valence-electron chi connectivity index (χ4n) is 2.72. The number of hydrogen-bond donors (Lipinski definition) is 2. The van der Waals surface area contributed by atoms with Crippen molar-refractivity contribution in [2.75, 3.05) is 28.4 Å². The molecular weight excluding hydrogens is 366 g/mol. The van der Waals surface area contributed by atoms with Crippen LogP contribution in [0.2, 0.25) is 0 Å². The van der Waals surface area contributed by atoms with Crippen LogP contribution in [0.4, 0.5) is 0 Å². The van der Waals surface area contributed by atoms with Gasteiger partial charge in [-0.25, -0.2) is 0 Å². The van der Waals surface area contributed by atoms with Gasteiger partial charge in [0.05, 0.1) is 40.9 Å². The van der Waals surface area contributed by atoms with E-state index in [0.29, 0.717) is 28.6 Å². The number of rotatable bonds is 9. The van der Waals surface area contributed by atoms with Gasteiger partial charge in [-0.05, 0) is 29.8 Å². The van der Waals surface area contributed by atoms with Gasteiger partial charge >= 0.3 is 5.97 Å². The fraction of sp³-hybridized carbons (Fsp3) is 0.300. The van der Waals surface area contributed by atoms with Crippen molar-refractivity contribution >= 4 is 11.9 Å². The summed E-state index contributed by atoms with van der Waals surface area (Å²) < 4.78 is 20.9. The Morgan fingerprint density at radius 3 is 1.93 bits per heavy atom. The molecule has 2 aromatic carbocycles. The number of carboxylic acid groups (broad SMARTS) is 1. The van der Waals surface area contributed by atoms with Crippen molar-refractivity contribution in [2.45, 2.75) is 12.5 Å². The summed E-state index contributed by atoms with van der Waals surface area (Å²) in [4.78, 5) is 24.1. The molecule has 8 nitrogen and oxygen atoms in total. The first-order valence-electron chi connectivity index (χ1n) is 8.40. The first kappa shape index (κ1) is 20.9. The molecule has 0 aliphatic heterocycles. The zero-order valence-electron chi connectivity index (χ0n) is 16.1. The topological polar surface area (TPSA) is 103 Å². The molecule has 150 valence electrons. The molecule has 1 amide bonds. The minimum absolute atomic E-state index is 0.249. The van der Waals surface area contributed by atoms with E-state index in [4.69, 9.17) is 18.9 Å². The Balaban J connectivity index is 2.33. The Kier molecular flexibility index (Phi) is 7.08. The lowest BCUT2D eigenvalue weighted by Gasteiger charge is -2.19. The first-order valence-corrected chi connectivity index (χ1v) is 8.40. The quantitative estimate of drug-likeness (QED) is 0.679. The molecule has 0 aliphatic carbocycles. The van der Waals surface area contributed by atoms with Gasteiger partial charge in [0.1, 0.15) is 5.75 Å². The molecular formula is C20H23NO7. The number of ether oxygens (including phenoxy) is 4. The number of hydrogen-bond acceptors (Lipinski definition) is 6. The van der Waals surface area contributed by atoms with Gasteiger partial charge in [-0.3, -0.25) is 9.59 Å². The number of carbonyl (C=O) groups is 2. The smallest absolute Gasteiger partial charge is 0.305 e. The number of benzene rings is 2. The Hall–Kier alpha value is -3.42. The van der Waals surface area contributed by atoms with E-state index in [9.17, 15) is 14.7 Å². The average Bonchev–Trinajstić information content (AvgIpc) is 2.71. The Morgan fingerprint density at radius 1 is 0.929 bits per heavy atom. The summed E-state index contributed by atoms with van der Waals surface area (Å²) in [6, 6.07) is 9.11. The lowest BCUT2D eigenvalue weighted by molar-refractivity contribution is -0.137. The van der Waals surface area contributed by atoms with E-state index >= 15 is 0 Å². The van der Waals surface area contributed by atoms with E-state index < -0.39 is 17.9 Å². The molecule has 2 rings (SSSR count). The van der Waals surface area contributed by atoms with Crippen molar-refractivity contribution in [1.82, 2.24) is 5.32 Å². The van der Waals surface area contributed by atoms with Gasteiger partial charge in [0.15, 0.2) is 11.5 Å². The van der Waals surface area contributed by atoms with E-state index in [2.05, 4.69) is 5.32 Å². The molecule has 0 spiro atoms. The predicted molar refractivity (Wildman–Crippen MR) is 102 cm³/mol. The van der Waals surface area contributed by atoms with Gasteiger partial charge < -0.3 is 29.4 Å². The molecule has 2 aromatic rings. The largest absolute Gasteiger partial charge is 0.497 e. The van der Waals surface area contributed by atoms with Crippen LogP contribution >= 0.6 is 0 Å². The van der Waals surface area contributed by atoms with Crippen LogP contribution in [0.15, 0.2) is 36.4 Å². The van der Waals surface area contributed by atoms with Gasteiger partial charge in [-0.15, -0.1) is 0 Å². The minimum atomic E-state index is -1.04. The molecule has 0 saturated carbocycles. The maximum absolute atomic E-state index is 12.8. The second kappa shape index (κ2) is 9.50. The standard InChI is InChI=1S/C20H23NO7/c1-25-14-7-5-12(6-8-14)15(11-18(22)23)21-20(24)13-9-16(26-2)19(28-4)17(10-13)27-3/h5-10,15H,11H2,1-4H3,(H,21,24)(H,22,23). The lowest BCUT2D eigenvalue weighted by Crippen LogP contribution is -2.30. The van der Waals surface area contributed by atoms with Gasteiger partial charge in [-0.1, -0.05) is 12.1 Å². The summed E-state index contributed by atoms with van der Waals surface area (Å²) in [7, 11) is 5.90. The summed E-state index contributed by atoms with van der Waals surface area (Å²) in [5.74, 6) is 0.136.